The molecular weight excluding hydrogens is 654 g/mol. The number of aromatic carboxylic acids is 1. The zero-order chi connectivity index (χ0) is 38.3. The van der Waals surface area contributed by atoms with Gasteiger partial charge < -0.3 is 25.0 Å². The van der Waals surface area contributed by atoms with Crippen molar-refractivity contribution in [1.82, 2.24) is 15.1 Å². The number of hydrogen-bond donors (Lipinski definition) is 2. The van der Waals surface area contributed by atoms with Crippen LogP contribution in [-0.2, 0) is 19.7 Å². The SMILES string of the molecule is CC(C)C[C@H](NC(=O)OC(C)(C)C)C(=O)N1CCC(C(=O)N2CC[C@@]3(C)C(C)(C)[C@@H](c4ccc(C(=O)O)cc4)CC[C@]3(C)C2)(c2ccccc2)CC1. The second-order valence-corrected chi connectivity index (χ2v) is 18.2. The Balaban J connectivity index is 1.35. The lowest BCUT2D eigenvalue weighted by Gasteiger charge is -2.66. The first-order valence-electron chi connectivity index (χ1n) is 19.2. The largest absolute Gasteiger partial charge is 0.478 e. The number of carbonyl (C=O) groups is 4. The van der Waals surface area contributed by atoms with E-state index in [1.165, 1.54) is 5.56 Å². The number of benzene rings is 2. The number of alkyl carbamates (subject to hydrolysis) is 1. The standard InChI is InChI=1S/C43H61N3O6/c1-29(2)27-34(44-38(51)52-39(3,4)5)35(47)45-25-22-43(23-26-45,32-13-11-10-12-14-32)37(50)46-24-21-42(9)40(6,7)33(19-20-41(42,8)28-46)30-15-17-31(18-16-30)36(48)49/h10-18,29,33-34H,19-28H2,1-9H3,(H,44,51)(H,48,49)/t33-,34+,41-,42+/m1/s1. The molecule has 4 atom stereocenters. The van der Waals surface area contributed by atoms with E-state index in [2.05, 4.69) is 50.0 Å². The second kappa shape index (κ2) is 14.5. The third-order valence-corrected chi connectivity index (χ3v) is 13.2. The van der Waals surface area contributed by atoms with Crippen LogP contribution in [0, 0.1) is 22.2 Å². The summed E-state index contributed by atoms with van der Waals surface area (Å²) in [6, 6.07) is 16.8. The average molecular weight is 716 g/mol. The molecule has 0 radical (unpaired) electrons. The molecule has 0 unspecified atom stereocenters. The fourth-order valence-electron chi connectivity index (χ4n) is 9.77. The number of amides is 3. The number of rotatable bonds is 8. The first kappa shape index (κ1) is 39.3. The van der Waals surface area contributed by atoms with Gasteiger partial charge in [-0.1, -0.05) is 84.0 Å². The molecule has 0 bridgehead atoms. The Morgan fingerprint density at radius 2 is 1.46 bits per heavy atom. The topological polar surface area (TPSA) is 116 Å². The molecule has 5 rings (SSSR count). The van der Waals surface area contributed by atoms with Crippen LogP contribution in [0.25, 0.3) is 0 Å². The number of fused-ring (bicyclic) bond motifs is 1. The molecule has 9 heteroatoms. The Labute approximate surface area is 310 Å². The van der Waals surface area contributed by atoms with Crippen LogP contribution in [0.4, 0.5) is 4.79 Å². The number of carbonyl (C=O) groups excluding carboxylic acids is 3. The zero-order valence-electron chi connectivity index (χ0n) is 32.9. The molecule has 0 spiro atoms. The van der Waals surface area contributed by atoms with Crippen LogP contribution in [0.3, 0.4) is 0 Å². The summed E-state index contributed by atoms with van der Waals surface area (Å²) in [6.07, 6.45) is 3.70. The minimum Gasteiger partial charge on any atom is -0.478 e. The van der Waals surface area contributed by atoms with Gasteiger partial charge in [-0.25, -0.2) is 9.59 Å². The van der Waals surface area contributed by atoms with Gasteiger partial charge in [0.2, 0.25) is 11.8 Å². The summed E-state index contributed by atoms with van der Waals surface area (Å²) >= 11 is 0. The van der Waals surface area contributed by atoms with Gasteiger partial charge in [-0.05, 0) is 111 Å². The zero-order valence-corrected chi connectivity index (χ0v) is 32.9. The van der Waals surface area contributed by atoms with Gasteiger partial charge in [-0.2, -0.15) is 0 Å². The quantitative estimate of drug-likeness (QED) is 0.286. The summed E-state index contributed by atoms with van der Waals surface area (Å²) in [5.74, 6) is -0.447. The lowest BCUT2D eigenvalue weighted by atomic mass is 9.41. The van der Waals surface area contributed by atoms with Gasteiger partial charge >= 0.3 is 12.1 Å². The summed E-state index contributed by atoms with van der Waals surface area (Å²) in [7, 11) is 0. The van der Waals surface area contributed by atoms with E-state index in [-0.39, 0.29) is 39.9 Å². The first-order chi connectivity index (χ1) is 24.2. The van der Waals surface area contributed by atoms with E-state index >= 15 is 4.79 Å². The van der Waals surface area contributed by atoms with E-state index in [1.54, 1.807) is 32.9 Å². The first-order valence-corrected chi connectivity index (χ1v) is 19.2. The van der Waals surface area contributed by atoms with Gasteiger partial charge in [0.15, 0.2) is 0 Å². The van der Waals surface area contributed by atoms with Gasteiger partial charge in [0.05, 0.1) is 11.0 Å². The molecule has 2 aliphatic heterocycles. The Morgan fingerprint density at radius 3 is 2.02 bits per heavy atom. The number of hydrogen-bond acceptors (Lipinski definition) is 5. The predicted octanol–water partition coefficient (Wildman–Crippen LogP) is 8.03. The molecule has 2 N–H and O–H groups in total. The Hall–Kier alpha value is -3.88. The van der Waals surface area contributed by atoms with Gasteiger partial charge in [0.25, 0.3) is 0 Å². The Morgan fingerprint density at radius 1 is 0.865 bits per heavy atom. The van der Waals surface area contributed by atoms with E-state index < -0.39 is 29.1 Å². The Kier molecular flexibility index (Phi) is 11.0. The molecular formula is C43H61N3O6. The molecule has 3 amide bonds. The van der Waals surface area contributed by atoms with Crippen LogP contribution in [0.1, 0.15) is 128 Å². The molecule has 3 aliphatic rings. The van der Waals surface area contributed by atoms with E-state index in [1.807, 2.05) is 49.1 Å². The van der Waals surface area contributed by atoms with Crippen LogP contribution < -0.4 is 5.32 Å². The molecule has 2 aromatic rings. The summed E-state index contributed by atoms with van der Waals surface area (Å²) < 4.78 is 5.49. The highest BCUT2D eigenvalue weighted by atomic mass is 16.6. The van der Waals surface area contributed by atoms with Crippen LogP contribution >= 0.6 is 0 Å². The van der Waals surface area contributed by atoms with Gasteiger partial charge in [-0.15, -0.1) is 0 Å². The van der Waals surface area contributed by atoms with Gasteiger partial charge in [0, 0.05) is 26.2 Å². The molecule has 2 heterocycles. The number of piperidine rings is 2. The molecule has 52 heavy (non-hydrogen) atoms. The maximum atomic E-state index is 15.1. The normalized spacial score (nSPS) is 26.2. The molecule has 3 fully saturated rings. The summed E-state index contributed by atoms with van der Waals surface area (Å²) in [4.78, 5) is 57.2. The highest BCUT2D eigenvalue weighted by Crippen LogP contribution is 2.67. The monoisotopic (exact) mass is 715 g/mol. The summed E-state index contributed by atoms with van der Waals surface area (Å²) in [5.41, 5.74) is 0.764. The lowest BCUT2D eigenvalue weighted by molar-refractivity contribution is -0.171. The van der Waals surface area contributed by atoms with Crippen molar-refractivity contribution >= 4 is 23.9 Å². The highest BCUT2D eigenvalue weighted by Gasteiger charge is 2.62. The minimum atomic E-state index is -0.915. The average Bonchev–Trinajstić information content (AvgIpc) is 3.07. The van der Waals surface area contributed by atoms with Crippen molar-refractivity contribution in [3.8, 4) is 0 Å². The van der Waals surface area contributed by atoms with Crippen molar-refractivity contribution in [2.75, 3.05) is 26.2 Å². The van der Waals surface area contributed by atoms with Crippen LogP contribution in [0.5, 0.6) is 0 Å². The van der Waals surface area contributed by atoms with Gasteiger partial charge in [0.1, 0.15) is 11.6 Å². The number of likely N-dealkylation sites (tertiary alicyclic amines) is 2. The Bertz CT molecular complexity index is 1620. The smallest absolute Gasteiger partial charge is 0.408 e. The molecule has 0 aromatic heterocycles. The van der Waals surface area contributed by atoms with Crippen LogP contribution in [-0.4, -0.2) is 76.6 Å². The van der Waals surface area contributed by atoms with Crippen molar-refractivity contribution in [2.24, 2.45) is 22.2 Å². The maximum Gasteiger partial charge on any atom is 0.408 e. The molecule has 2 saturated heterocycles. The minimum absolute atomic E-state index is 0.0621. The molecule has 9 nitrogen and oxygen atoms in total. The van der Waals surface area contributed by atoms with E-state index in [0.29, 0.717) is 51.0 Å². The number of ether oxygens (including phenoxy) is 1. The fraction of sp³-hybridized carbons (Fsp3) is 0.628. The number of carboxylic acid groups (broad SMARTS) is 1. The molecule has 1 aliphatic carbocycles. The highest BCUT2D eigenvalue weighted by molar-refractivity contribution is 5.90. The van der Waals surface area contributed by atoms with Crippen molar-refractivity contribution in [3.63, 3.8) is 0 Å². The van der Waals surface area contributed by atoms with Crippen LogP contribution in [0.15, 0.2) is 54.6 Å². The van der Waals surface area contributed by atoms with E-state index in [4.69, 9.17) is 4.74 Å². The second-order valence-electron chi connectivity index (χ2n) is 18.2. The van der Waals surface area contributed by atoms with Crippen LogP contribution in [0.2, 0.25) is 0 Å². The molecule has 2 aromatic carbocycles. The third kappa shape index (κ3) is 7.47. The van der Waals surface area contributed by atoms with Crippen molar-refractivity contribution in [1.29, 1.82) is 0 Å². The van der Waals surface area contributed by atoms with E-state index in [9.17, 15) is 19.5 Å². The van der Waals surface area contributed by atoms with Gasteiger partial charge in [-0.3, -0.25) is 9.59 Å². The molecule has 284 valence electrons. The van der Waals surface area contributed by atoms with Crippen molar-refractivity contribution in [3.05, 3.63) is 71.3 Å². The summed E-state index contributed by atoms with van der Waals surface area (Å²) in [5, 5.41) is 12.3. The lowest BCUT2D eigenvalue weighted by Crippen LogP contribution is -2.65. The van der Waals surface area contributed by atoms with Crippen molar-refractivity contribution in [2.45, 2.75) is 124 Å². The maximum absolute atomic E-state index is 15.1. The predicted molar refractivity (Wildman–Crippen MR) is 203 cm³/mol. The summed E-state index contributed by atoms with van der Waals surface area (Å²) in [6.45, 7) is 21.1. The number of nitrogens with zero attached hydrogens (tertiary/aromatic N) is 2. The molecule has 1 saturated carbocycles. The third-order valence-electron chi connectivity index (χ3n) is 13.2. The fourth-order valence-corrected chi connectivity index (χ4v) is 9.77. The number of nitrogens with one attached hydrogen (secondary N) is 1. The number of carboxylic acids is 1. The van der Waals surface area contributed by atoms with Crippen molar-refractivity contribution < 1.29 is 29.0 Å². The van der Waals surface area contributed by atoms with E-state index in [0.717, 1.165) is 24.8 Å².